The molecule has 0 amide bonds. The number of nitrogens with one attached hydrogen (secondary N) is 1. The van der Waals surface area contributed by atoms with E-state index in [1.54, 1.807) is 11.3 Å². The average Bonchev–Trinajstić information content (AvgIpc) is 2.86. The van der Waals surface area contributed by atoms with Crippen molar-refractivity contribution in [2.45, 2.75) is 19.9 Å². The quantitative estimate of drug-likeness (QED) is 0.828. The zero-order chi connectivity index (χ0) is 13.8. The minimum Gasteiger partial charge on any atom is -0.314 e. The Labute approximate surface area is 123 Å². The molecule has 0 aliphatic rings. The molecule has 1 heterocycles. The van der Waals surface area contributed by atoms with Gasteiger partial charge in [0.2, 0.25) is 0 Å². The second-order valence-electron chi connectivity index (χ2n) is 4.58. The molecule has 1 unspecified atom stereocenters. The Morgan fingerprint density at radius 1 is 1.26 bits per heavy atom. The van der Waals surface area contributed by atoms with Crippen LogP contribution in [0, 0.1) is 0 Å². The van der Waals surface area contributed by atoms with Crippen molar-refractivity contribution < 1.29 is 0 Å². The first-order valence-corrected chi connectivity index (χ1v) is 7.51. The molecule has 1 aromatic carbocycles. The molecule has 0 fully saturated rings. The molecule has 0 aliphatic carbocycles. The summed E-state index contributed by atoms with van der Waals surface area (Å²) in [6.07, 6.45) is 2.23. The van der Waals surface area contributed by atoms with Crippen LogP contribution in [0.2, 0.25) is 5.02 Å². The molecule has 1 N–H and O–H groups in total. The second-order valence-corrected chi connectivity index (χ2v) is 6.10. The molecule has 19 heavy (non-hydrogen) atoms. The fourth-order valence-electron chi connectivity index (χ4n) is 1.81. The highest BCUT2D eigenvalue weighted by Gasteiger charge is 2.06. The SMILES string of the molecule is CNC(C)/C(C)=C/c1ccc(-c2ccccc2Cl)s1. The summed E-state index contributed by atoms with van der Waals surface area (Å²) in [6, 6.07) is 12.6. The lowest BCUT2D eigenvalue weighted by molar-refractivity contribution is 0.696. The number of benzene rings is 1. The van der Waals surface area contributed by atoms with Crippen molar-refractivity contribution in [3.63, 3.8) is 0 Å². The van der Waals surface area contributed by atoms with E-state index in [1.165, 1.54) is 15.3 Å². The van der Waals surface area contributed by atoms with Gasteiger partial charge in [-0.1, -0.05) is 35.4 Å². The number of hydrogen-bond donors (Lipinski definition) is 1. The second kappa shape index (κ2) is 6.38. The van der Waals surface area contributed by atoms with Gasteiger partial charge in [0.05, 0.1) is 0 Å². The molecule has 0 bridgehead atoms. The predicted octanol–water partition coefficient (Wildman–Crippen LogP) is 5.08. The monoisotopic (exact) mass is 291 g/mol. The van der Waals surface area contributed by atoms with E-state index in [1.807, 2.05) is 25.2 Å². The van der Waals surface area contributed by atoms with Gasteiger partial charge in [0.15, 0.2) is 0 Å². The molecular weight excluding hydrogens is 274 g/mol. The van der Waals surface area contributed by atoms with Crippen LogP contribution in [0.4, 0.5) is 0 Å². The number of rotatable bonds is 4. The highest BCUT2D eigenvalue weighted by molar-refractivity contribution is 7.16. The van der Waals surface area contributed by atoms with E-state index < -0.39 is 0 Å². The molecule has 0 radical (unpaired) electrons. The molecule has 0 spiro atoms. The summed E-state index contributed by atoms with van der Waals surface area (Å²) >= 11 is 8.00. The highest BCUT2D eigenvalue weighted by Crippen LogP contribution is 2.34. The normalized spacial score (nSPS) is 13.6. The molecule has 100 valence electrons. The minimum atomic E-state index is 0.394. The van der Waals surface area contributed by atoms with Crippen LogP contribution in [0.15, 0.2) is 42.0 Å². The number of halogens is 1. The van der Waals surface area contributed by atoms with Crippen LogP contribution in [0.3, 0.4) is 0 Å². The van der Waals surface area contributed by atoms with Crippen LogP contribution in [0.25, 0.3) is 16.5 Å². The number of likely N-dealkylation sites (N-methyl/N-ethyl adjacent to an activating group) is 1. The molecule has 3 heteroatoms. The molecule has 0 saturated carbocycles. The van der Waals surface area contributed by atoms with Crippen molar-refractivity contribution in [2.24, 2.45) is 0 Å². The molecule has 1 aromatic heterocycles. The van der Waals surface area contributed by atoms with Gasteiger partial charge >= 0.3 is 0 Å². The average molecular weight is 292 g/mol. The summed E-state index contributed by atoms with van der Waals surface area (Å²) < 4.78 is 0. The van der Waals surface area contributed by atoms with E-state index in [0.29, 0.717) is 6.04 Å². The minimum absolute atomic E-state index is 0.394. The molecule has 2 aromatic rings. The van der Waals surface area contributed by atoms with Crippen LogP contribution >= 0.6 is 22.9 Å². The topological polar surface area (TPSA) is 12.0 Å². The highest BCUT2D eigenvalue weighted by atomic mass is 35.5. The summed E-state index contributed by atoms with van der Waals surface area (Å²) in [6.45, 7) is 4.31. The first kappa shape index (κ1) is 14.3. The molecule has 0 aliphatic heterocycles. The Hall–Kier alpha value is -1.09. The van der Waals surface area contributed by atoms with Crippen LogP contribution in [-0.4, -0.2) is 13.1 Å². The Balaban J connectivity index is 2.28. The van der Waals surface area contributed by atoms with Crippen LogP contribution in [0.1, 0.15) is 18.7 Å². The van der Waals surface area contributed by atoms with Crippen molar-refractivity contribution in [3.05, 3.63) is 51.9 Å². The van der Waals surface area contributed by atoms with Crippen molar-refractivity contribution >= 4 is 29.0 Å². The van der Waals surface area contributed by atoms with Crippen molar-refractivity contribution in [2.75, 3.05) is 7.05 Å². The van der Waals surface area contributed by atoms with Gasteiger partial charge in [0, 0.05) is 26.4 Å². The first-order valence-electron chi connectivity index (χ1n) is 6.32. The summed E-state index contributed by atoms with van der Waals surface area (Å²) in [5.74, 6) is 0. The largest absolute Gasteiger partial charge is 0.314 e. The standard InChI is InChI=1S/C16H18ClNS/c1-11(12(2)18-3)10-13-8-9-16(19-13)14-6-4-5-7-15(14)17/h4-10,12,18H,1-3H3/b11-10+. The Morgan fingerprint density at radius 3 is 2.68 bits per heavy atom. The zero-order valence-electron chi connectivity index (χ0n) is 11.4. The Kier molecular flexibility index (Phi) is 4.81. The van der Waals surface area contributed by atoms with Gasteiger partial charge in [0.25, 0.3) is 0 Å². The maximum absolute atomic E-state index is 6.23. The lowest BCUT2D eigenvalue weighted by atomic mass is 10.1. The Morgan fingerprint density at radius 2 is 2.00 bits per heavy atom. The van der Waals surface area contributed by atoms with Crippen molar-refractivity contribution in [1.82, 2.24) is 5.32 Å². The summed E-state index contributed by atoms with van der Waals surface area (Å²) in [4.78, 5) is 2.47. The van der Waals surface area contributed by atoms with Crippen molar-refractivity contribution in [1.29, 1.82) is 0 Å². The van der Waals surface area contributed by atoms with Gasteiger partial charge in [-0.2, -0.15) is 0 Å². The Bertz CT molecular complexity index is 586. The van der Waals surface area contributed by atoms with E-state index in [4.69, 9.17) is 11.6 Å². The first-order chi connectivity index (χ1) is 9.11. The van der Waals surface area contributed by atoms with Gasteiger partial charge in [-0.25, -0.2) is 0 Å². The van der Waals surface area contributed by atoms with E-state index in [0.717, 1.165) is 10.6 Å². The molecule has 0 saturated heterocycles. The van der Waals surface area contributed by atoms with Gasteiger partial charge in [-0.15, -0.1) is 11.3 Å². The van der Waals surface area contributed by atoms with Gasteiger partial charge in [-0.05, 0) is 45.2 Å². The number of hydrogen-bond acceptors (Lipinski definition) is 2. The van der Waals surface area contributed by atoms with Crippen LogP contribution in [-0.2, 0) is 0 Å². The molecular formula is C16H18ClNS. The molecule has 2 rings (SSSR count). The van der Waals surface area contributed by atoms with Crippen LogP contribution < -0.4 is 5.32 Å². The van der Waals surface area contributed by atoms with E-state index >= 15 is 0 Å². The maximum atomic E-state index is 6.23. The molecule has 1 nitrogen and oxygen atoms in total. The van der Waals surface area contributed by atoms with Gasteiger partial charge in [-0.3, -0.25) is 0 Å². The predicted molar refractivity (Wildman–Crippen MR) is 86.9 cm³/mol. The van der Waals surface area contributed by atoms with Gasteiger partial charge < -0.3 is 5.32 Å². The summed E-state index contributed by atoms with van der Waals surface area (Å²) in [5, 5.41) is 4.05. The maximum Gasteiger partial charge on any atom is 0.0492 e. The lowest BCUT2D eigenvalue weighted by Gasteiger charge is -2.09. The van der Waals surface area contributed by atoms with Gasteiger partial charge in [0.1, 0.15) is 0 Å². The molecule has 1 atom stereocenters. The smallest absolute Gasteiger partial charge is 0.0492 e. The van der Waals surface area contributed by atoms with Crippen molar-refractivity contribution in [3.8, 4) is 10.4 Å². The lowest BCUT2D eigenvalue weighted by Crippen LogP contribution is -2.21. The fraction of sp³-hybridized carbons (Fsp3) is 0.250. The third kappa shape index (κ3) is 3.47. The van der Waals surface area contributed by atoms with E-state index in [9.17, 15) is 0 Å². The number of thiophene rings is 1. The summed E-state index contributed by atoms with van der Waals surface area (Å²) in [7, 11) is 1.98. The third-order valence-electron chi connectivity index (χ3n) is 3.25. The van der Waals surface area contributed by atoms with E-state index in [-0.39, 0.29) is 0 Å². The summed E-state index contributed by atoms with van der Waals surface area (Å²) in [5.41, 5.74) is 2.43. The third-order valence-corrected chi connectivity index (χ3v) is 4.65. The zero-order valence-corrected chi connectivity index (χ0v) is 13.0. The van der Waals surface area contributed by atoms with E-state index in [2.05, 4.69) is 43.4 Å². The fourth-order valence-corrected chi connectivity index (χ4v) is 3.17. The van der Waals surface area contributed by atoms with Crippen LogP contribution in [0.5, 0.6) is 0 Å².